The fraction of sp³-hybridized carbons (Fsp3) is 0.375. The minimum absolute atomic E-state index is 0.142. The molecule has 0 fully saturated rings. The molecule has 7 nitrogen and oxygen atoms in total. The summed E-state index contributed by atoms with van der Waals surface area (Å²) in [7, 11) is -3.88. The summed E-state index contributed by atoms with van der Waals surface area (Å²) in [6.45, 7) is 7.73. The zero-order valence-corrected chi connectivity index (χ0v) is 25.2. The van der Waals surface area contributed by atoms with Gasteiger partial charge in [-0.05, 0) is 41.2 Å². The summed E-state index contributed by atoms with van der Waals surface area (Å²) in [5.41, 5.74) is 2.24. The lowest BCUT2D eigenvalue weighted by atomic mass is 9.87. The third kappa shape index (κ3) is 8.88. The van der Waals surface area contributed by atoms with E-state index in [1.165, 1.54) is 11.0 Å². The van der Waals surface area contributed by atoms with E-state index >= 15 is 0 Å². The second-order valence-electron chi connectivity index (χ2n) is 11.2. The third-order valence-electron chi connectivity index (χ3n) is 6.82. The molecule has 0 radical (unpaired) electrons. The molecule has 1 N–H and O–H groups in total. The molecular formula is C32H40FN3O4S. The van der Waals surface area contributed by atoms with Gasteiger partial charge in [-0.15, -0.1) is 0 Å². The van der Waals surface area contributed by atoms with Crippen LogP contribution in [0.15, 0.2) is 78.9 Å². The number of sulfonamides is 1. The number of carbonyl (C=O) groups is 2. The Balaban J connectivity index is 2.04. The van der Waals surface area contributed by atoms with Gasteiger partial charge in [-0.2, -0.15) is 0 Å². The van der Waals surface area contributed by atoms with Crippen LogP contribution in [0.2, 0.25) is 0 Å². The zero-order chi connectivity index (χ0) is 30.2. The lowest BCUT2D eigenvalue weighted by Gasteiger charge is -2.33. The van der Waals surface area contributed by atoms with Crippen molar-refractivity contribution in [2.75, 3.05) is 23.7 Å². The molecule has 1 unspecified atom stereocenters. The molecule has 0 aliphatic heterocycles. The molecule has 0 heterocycles. The number of nitrogens with zero attached hydrogens (tertiary/aromatic N) is 2. The summed E-state index contributed by atoms with van der Waals surface area (Å²) in [4.78, 5) is 28.8. The summed E-state index contributed by atoms with van der Waals surface area (Å²) < 4.78 is 41.7. The Morgan fingerprint density at radius 1 is 0.927 bits per heavy atom. The number of halogens is 1. The van der Waals surface area contributed by atoms with Crippen LogP contribution >= 0.6 is 0 Å². The Bertz CT molecular complexity index is 1420. The van der Waals surface area contributed by atoms with Crippen molar-refractivity contribution in [1.82, 2.24) is 10.2 Å². The first-order valence-corrected chi connectivity index (χ1v) is 15.6. The van der Waals surface area contributed by atoms with Crippen molar-refractivity contribution >= 4 is 27.5 Å². The van der Waals surface area contributed by atoms with Crippen LogP contribution in [0.1, 0.15) is 50.8 Å². The van der Waals surface area contributed by atoms with Crippen molar-refractivity contribution in [3.63, 3.8) is 0 Å². The van der Waals surface area contributed by atoms with E-state index in [2.05, 4.69) is 26.1 Å². The van der Waals surface area contributed by atoms with E-state index in [0.717, 1.165) is 21.7 Å². The largest absolute Gasteiger partial charge is 0.354 e. The smallest absolute Gasteiger partial charge is 0.244 e. The topological polar surface area (TPSA) is 86.8 Å². The highest BCUT2D eigenvalue weighted by Crippen LogP contribution is 2.26. The average molecular weight is 582 g/mol. The van der Waals surface area contributed by atoms with Gasteiger partial charge in [0, 0.05) is 25.1 Å². The average Bonchev–Trinajstić information content (AvgIpc) is 2.92. The zero-order valence-electron chi connectivity index (χ0n) is 24.4. The maximum atomic E-state index is 14.8. The number of hydrogen-bond acceptors (Lipinski definition) is 4. The number of anilines is 1. The standard InChI is InChI=1S/C32H40FN3O4S/c1-6-20-34-31(38)29(21-24-12-8-7-9-13-24)35(22-25-14-10-11-15-28(25)33)30(37)23-36(41(5,39)40)27-18-16-26(17-19-27)32(2,3)4/h7-19,29H,6,20-23H2,1-5H3,(H,34,38). The van der Waals surface area contributed by atoms with Gasteiger partial charge in [0.05, 0.1) is 11.9 Å². The van der Waals surface area contributed by atoms with Crippen LogP contribution in [0.3, 0.4) is 0 Å². The maximum absolute atomic E-state index is 14.8. The molecule has 3 aromatic rings. The first-order valence-electron chi connectivity index (χ1n) is 13.7. The van der Waals surface area contributed by atoms with E-state index in [4.69, 9.17) is 0 Å². The van der Waals surface area contributed by atoms with Crippen LogP contribution in [0, 0.1) is 5.82 Å². The van der Waals surface area contributed by atoms with Gasteiger partial charge in [-0.1, -0.05) is 88.4 Å². The molecule has 0 aromatic heterocycles. The van der Waals surface area contributed by atoms with Crippen molar-refractivity contribution in [2.24, 2.45) is 0 Å². The van der Waals surface area contributed by atoms with Crippen LogP contribution in [0.25, 0.3) is 0 Å². The van der Waals surface area contributed by atoms with Gasteiger partial charge in [-0.25, -0.2) is 12.8 Å². The van der Waals surface area contributed by atoms with Gasteiger partial charge < -0.3 is 10.2 Å². The second kappa shape index (κ2) is 13.8. The van der Waals surface area contributed by atoms with Crippen LogP contribution in [0.5, 0.6) is 0 Å². The molecule has 2 amide bonds. The fourth-order valence-corrected chi connectivity index (χ4v) is 5.32. The summed E-state index contributed by atoms with van der Waals surface area (Å²) in [5.74, 6) is -1.53. The number of carbonyl (C=O) groups excluding carboxylic acids is 2. The number of benzene rings is 3. The molecule has 1 atom stereocenters. The normalized spacial score (nSPS) is 12.4. The fourth-order valence-electron chi connectivity index (χ4n) is 4.47. The number of nitrogens with one attached hydrogen (secondary N) is 1. The van der Waals surface area contributed by atoms with Gasteiger partial charge in [-0.3, -0.25) is 13.9 Å². The second-order valence-corrected chi connectivity index (χ2v) is 13.1. The molecule has 3 aromatic carbocycles. The summed E-state index contributed by atoms with van der Waals surface area (Å²) in [6.07, 6.45) is 1.90. The minimum atomic E-state index is -3.88. The first-order chi connectivity index (χ1) is 19.3. The maximum Gasteiger partial charge on any atom is 0.244 e. The third-order valence-corrected chi connectivity index (χ3v) is 7.96. The lowest BCUT2D eigenvalue weighted by molar-refractivity contribution is -0.140. The Morgan fingerprint density at radius 3 is 2.10 bits per heavy atom. The van der Waals surface area contributed by atoms with Crippen molar-refractivity contribution < 1.29 is 22.4 Å². The molecule has 220 valence electrons. The van der Waals surface area contributed by atoms with Crippen molar-refractivity contribution in [3.8, 4) is 0 Å². The van der Waals surface area contributed by atoms with Crippen LogP contribution in [-0.2, 0) is 38.0 Å². The van der Waals surface area contributed by atoms with E-state index in [1.807, 2.05) is 49.4 Å². The molecular weight excluding hydrogens is 541 g/mol. The quantitative estimate of drug-likeness (QED) is 0.324. The molecule has 0 spiro atoms. The molecule has 41 heavy (non-hydrogen) atoms. The Morgan fingerprint density at radius 2 is 1.54 bits per heavy atom. The Kier molecular flexibility index (Phi) is 10.7. The molecule has 0 aliphatic rings. The molecule has 0 saturated heterocycles. The highest BCUT2D eigenvalue weighted by molar-refractivity contribution is 7.92. The van der Waals surface area contributed by atoms with E-state index in [0.29, 0.717) is 18.7 Å². The predicted molar refractivity (Wildman–Crippen MR) is 162 cm³/mol. The molecule has 0 aliphatic carbocycles. The molecule has 3 rings (SSSR count). The van der Waals surface area contributed by atoms with Crippen molar-refractivity contribution in [3.05, 3.63) is 101 Å². The SMILES string of the molecule is CCCNC(=O)C(Cc1ccccc1)N(Cc1ccccc1F)C(=O)CN(c1ccc(C(C)(C)C)cc1)S(C)(=O)=O. The van der Waals surface area contributed by atoms with Crippen molar-refractivity contribution in [2.45, 2.75) is 58.5 Å². The first kappa shape index (κ1) is 31.8. The Hall–Kier alpha value is -3.72. The van der Waals surface area contributed by atoms with Gasteiger partial charge in [0.25, 0.3) is 0 Å². The predicted octanol–water partition coefficient (Wildman–Crippen LogP) is 5.06. The molecule has 0 saturated carbocycles. The van der Waals surface area contributed by atoms with Crippen LogP contribution < -0.4 is 9.62 Å². The summed E-state index contributed by atoms with van der Waals surface area (Å²) in [6, 6.07) is 21.3. The van der Waals surface area contributed by atoms with Crippen LogP contribution in [0.4, 0.5) is 10.1 Å². The monoisotopic (exact) mass is 581 g/mol. The van der Waals surface area contributed by atoms with Gasteiger partial charge in [0.1, 0.15) is 18.4 Å². The summed E-state index contributed by atoms with van der Waals surface area (Å²) in [5, 5.41) is 2.87. The number of amides is 2. The van der Waals surface area contributed by atoms with E-state index < -0.39 is 34.3 Å². The number of rotatable bonds is 12. The van der Waals surface area contributed by atoms with Gasteiger partial charge in [0.15, 0.2) is 0 Å². The van der Waals surface area contributed by atoms with E-state index in [9.17, 15) is 22.4 Å². The van der Waals surface area contributed by atoms with E-state index in [1.54, 1.807) is 30.3 Å². The minimum Gasteiger partial charge on any atom is -0.354 e. The molecule has 9 heteroatoms. The van der Waals surface area contributed by atoms with Gasteiger partial charge >= 0.3 is 0 Å². The summed E-state index contributed by atoms with van der Waals surface area (Å²) >= 11 is 0. The van der Waals surface area contributed by atoms with E-state index in [-0.39, 0.29) is 29.9 Å². The highest BCUT2D eigenvalue weighted by Gasteiger charge is 2.33. The van der Waals surface area contributed by atoms with Crippen LogP contribution in [-0.4, -0.2) is 50.5 Å². The molecule has 0 bridgehead atoms. The van der Waals surface area contributed by atoms with Crippen molar-refractivity contribution in [1.29, 1.82) is 0 Å². The highest BCUT2D eigenvalue weighted by atomic mass is 32.2. The Labute approximate surface area is 243 Å². The van der Waals surface area contributed by atoms with Gasteiger partial charge in [0.2, 0.25) is 21.8 Å². The number of hydrogen-bond donors (Lipinski definition) is 1. The lowest BCUT2D eigenvalue weighted by Crippen LogP contribution is -2.53.